The second-order valence-electron chi connectivity index (χ2n) is 6.47. The van der Waals surface area contributed by atoms with Crippen molar-refractivity contribution in [2.45, 2.75) is 19.8 Å². The summed E-state index contributed by atoms with van der Waals surface area (Å²) in [6, 6.07) is 13.8. The Morgan fingerprint density at radius 2 is 1.89 bits per heavy atom. The summed E-state index contributed by atoms with van der Waals surface area (Å²) in [5.41, 5.74) is 7.19. The summed E-state index contributed by atoms with van der Waals surface area (Å²) in [6.07, 6.45) is 1.04. The summed E-state index contributed by atoms with van der Waals surface area (Å²) in [5, 5.41) is 2.71. The average molecular weight is 400 g/mol. The molecule has 3 rings (SSSR count). The van der Waals surface area contributed by atoms with Gasteiger partial charge in [-0.2, -0.15) is 0 Å². The topological polar surface area (TPSA) is 73.5 Å². The van der Waals surface area contributed by atoms with Crippen LogP contribution >= 0.6 is 12.2 Å². The quantitative estimate of drug-likeness (QED) is 0.544. The molecule has 0 saturated carbocycles. The Balaban J connectivity index is 1.52. The van der Waals surface area contributed by atoms with E-state index in [0.29, 0.717) is 6.54 Å². The van der Waals surface area contributed by atoms with Crippen LogP contribution in [0.1, 0.15) is 18.9 Å². The molecule has 1 heterocycles. The van der Waals surface area contributed by atoms with Gasteiger partial charge in [0, 0.05) is 18.7 Å². The number of hydrogen-bond acceptors (Lipinski definition) is 3. The number of carbonyl (C=O) groups excluding carboxylic acids is 2. The highest BCUT2D eigenvalue weighted by Gasteiger charge is 2.35. The van der Waals surface area contributed by atoms with Crippen molar-refractivity contribution in [3.05, 3.63) is 59.9 Å². The lowest BCUT2D eigenvalue weighted by Crippen LogP contribution is -2.46. The van der Waals surface area contributed by atoms with Crippen LogP contribution in [0.5, 0.6) is 0 Å². The van der Waals surface area contributed by atoms with Crippen LogP contribution in [0.2, 0.25) is 0 Å². The van der Waals surface area contributed by atoms with Crippen molar-refractivity contribution in [2.75, 3.05) is 16.8 Å². The molecular weight excluding hydrogens is 379 g/mol. The molecule has 1 fully saturated rings. The van der Waals surface area contributed by atoms with Crippen LogP contribution in [0.3, 0.4) is 0 Å². The van der Waals surface area contributed by atoms with Crippen molar-refractivity contribution in [3.63, 3.8) is 0 Å². The van der Waals surface area contributed by atoms with Gasteiger partial charge in [0.2, 0.25) is 11.8 Å². The Morgan fingerprint density at radius 3 is 2.57 bits per heavy atom. The van der Waals surface area contributed by atoms with Gasteiger partial charge in [-0.1, -0.05) is 31.2 Å². The highest BCUT2D eigenvalue weighted by molar-refractivity contribution is 7.80. The number of aryl methyl sites for hydroxylation is 1. The highest BCUT2D eigenvalue weighted by Crippen LogP contribution is 2.25. The van der Waals surface area contributed by atoms with Crippen LogP contribution in [-0.2, 0) is 16.0 Å². The third-order valence-electron chi connectivity index (χ3n) is 4.57. The Hall–Kier alpha value is -3.00. The van der Waals surface area contributed by atoms with Gasteiger partial charge in [-0.3, -0.25) is 20.4 Å². The van der Waals surface area contributed by atoms with Crippen LogP contribution in [0, 0.1) is 11.7 Å². The number of carbonyl (C=O) groups is 2. The Kier molecular flexibility index (Phi) is 6.20. The van der Waals surface area contributed by atoms with E-state index in [1.165, 1.54) is 17.7 Å². The van der Waals surface area contributed by atoms with Gasteiger partial charge in [0.1, 0.15) is 5.82 Å². The van der Waals surface area contributed by atoms with Crippen LogP contribution < -0.4 is 21.1 Å². The summed E-state index contributed by atoms with van der Waals surface area (Å²) in [6.45, 7) is 2.36. The predicted octanol–water partition coefficient (Wildman–Crippen LogP) is 2.76. The molecule has 0 radical (unpaired) electrons. The average Bonchev–Trinajstić information content (AvgIpc) is 3.10. The first-order valence-corrected chi connectivity index (χ1v) is 9.39. The van der Waals surface area contributed by atoms with E-state index in [4.69, 9.17) is 12.2 Å². The minimum Gasteiger partial charge on any atom is -0.329 e. The number of anilines is 2. The normalized spacial score (nSPS) is 16.0. The lowest BCUT2D eigenvalue weighted by Gasteiger charge is -2.17. The molecule has 2 amide bonds. The zero-order valence-corrected chi connectivity index (χ0v) is 16.2. The molecule has 1 aliphatic heterocycles. The first-order chi connectivity index (χ1) is 13.5. The van der Waals surface area contributed by atoms with Gasteiger partial charge in [0.05, 0.1) is 11.6 Å². The molecule has 1 saturated heterocycles. The number of hydrogen-bond donors (Lipinski definition) is 3. The monoisotopic (exact) mass is 400 g/mol. The smallest absolute Gasteiger partial charge is 0.243 e. The van der Waals surface area contributed by atoms with Gasteiger partial charge in [0.15, 0.2) is 5.11 Å². The number of rotatable bonds is 4. The number of para-hydroxylation sites is 1. The van der Waals surface area contributed by atoms with Crippen LogP contribution in [-0.4, -0.2) is 23.5 Å². The van der Waals surface area contributed by atoms with Crippen molar-refractivity contribution in [2.24, 2.45) is 5.92 Å². The molecular formula is C20H21FN4O2S. The molecule has 3 N–H and O–H groups in total. The summed E-state index contributed by atoms with van der Waals surface area (Å²) in [4.78, 5) is 26.3. The van der Waals surface area contributed by atoms with E-state index in [0.717, 1.165) is 12.1 Å². The van der Waals surface area contributed by atoms with Crippen molar-refractivity contribution < 1.29 is 14.0 Å². The van der Waals surface area contributed by atoms with Crippen molar-refractivity contribution in [3.8, 4) is 0 Å². The fraction of sp³-hybridized carbons (Fsp3) is 0.250. The molecule has 2 aromatic rings. The molecule has 8 heteroatoms. The lowest BCUT2D eigenvalue weighted by atomic mass is 10.1. The van der Waals surface area contributed by atoms with Crippen LogP contribution in [0.15, 0.2) is 48.5 Å². The zero-order valence-electron chi connectivity index (χ0n) is 15.4. The number of hydrazine groups is 1. The fourth-order valence-electron chi connectivity index (χ4n) is 2.98. The molecule has 6 nitrogen and oxygen atoms in total. The van der Waals surface area contributed by atoms with Crippen molar-refractivity contribution in [1.29, 1.82) is 0 Å². The molecule has 0 spiro atoms. The third-order valence-corrected chi connectivity index (χ3v) is 4.78. The molecule has 0 unspecified atom stereocenters. The number of benzene rings is 2. The van der Waals surface area contributed by atoms with Gasteiger partial charge in [0.25, 0.3) is 0 Å². The second-order valence-corrected chi connectivity index (χ2v) is 6.88. The maximum atomic E-state index is 13.6. The third kappa shape index (κ3) is 4.64. The van der Waals surface area contributed by atoms with E-state index in [2.05, 4.69) is 23.1 Å². The molecule has 0 bridgehead atoms. The van der Waals surface area contributed by atoms with Gasteiger partial charge < -0.3 is 10.2 Å². The lowest BCUT2D eigenvalue weighted by molar-refractivity contribution is -0.126. The molecule has 1 aliphatic rings. The number of thiocarbonyl (C=S) groups is 1. The van der Waals surface area contributed by atoms with E-state index in [1.807, 2.05) is 24.3 Å². The number of amides is 2. The van der Waals surface area contributed by atoms with Gasteiger partial charge in [-0.05, 0) is 48.5 Å². The number of nitrogens with one attached hydrogen (secondary N) is 3. The first kappa shape index (κ1) is 19.8. The molecule has 28 heavy (non-hydrogen) atoms. The molecule has 146 valence electrons. The minimum atomic E-state index is -0.498. The summed E-state index contributed by atoms with van der Waals surface area (Å²) >= 11 is 5.05. The van der Waals surface area contributed by atoms with E-state index in [9.17, 15) is 14.0 Å². The van der Waals surface area contributed by atoms with E-state index >= 15 is 0 Å². The molecule has 2 aromatic carbocycles. The standard InChI is InChI=1S/C20H21FN4O2S/c1-2-13-7-9-15(10-8-13)25-12-14(11-18(25)26)19(27)23-24-20(28)22-17-6-4-3-5-16(17)21/h3-10,14H,2,11-12H2,1H3,(H,23,27)(H2,22,24,28)/t14-/m1/s1. The summed E-state index contributed by atoms with van der Waals surface area (Å²) < 4.78 is 13.6. The van der Waals surface area contributed by atoms with Crippen molar-refractivity contribution >= 4 is 40.5 Å². The predicted molar refractivity (Wildman–Crippen MR) is 110 cm³/mol. The summed E-state index contributed by atoms with van der Waals surface area (Å²) in [5.74, 6) is -1.40. The SMILES string of the molecule is CCc1ccc(N2C[C@H](C(=O)NNC(=S)Nc3ccccc3F)CC2=O)cc1. The summed E-state index contributed by atoms with van der Waals surface area (Å²) in [7, 11) is 0. The Labute approximate surface area is 168 Å². The van der Waals surface area contributed by atoms with E-state index in [-0.39, 0.29) is 29.0 Å². The fourth-order valence-corrected chi connectivity index (χ4v) is 3.14. The second kappa shape index (κ2) is 8.79. The highest BCUT2D eigenvalue weighted by atomic mass is 32.1. The van der Waals surface area contributed by atoms with Crippen molar-refractivity contribution in [1.82, 2.24) is 10.9 Å². The van der Waals surface area contributed by atoms with Gasteiger partial charge in [-0.25, -0.2) is 4.39 Å². The number of nitrogens with zero attached hydrogens (tertiary/aromatic N) is 1. The molecule has 1 atom stereocenters. The Morgan fingerprint density at radius 1 is 1.18 bits per heavy atom. The largest absolute Gasteiger partial charge is 0.329 e. The van der Waals surface area contributed by atoms with Crippen LogP contribution in [0.25, 0.3) is 0 Å². The minimum absolute atomic E-state index is 0.0507. The molecule has 0 aromatic heterocycles. The van der Waals surface area contributed by atoms with Crippen LogP contribution in [0.4, 0.5) is 15.8 Å². The first-order valence-electron chi connectivity index (χ1n) is 8.98. The number of halogens is 1. The maximum Gasteiger partial charge on any atom is 0.243 e. The zero-order chi connectivity index (χ0) is 20.1. The molecule has 0 aliphatic carbocycles. The van der Waals surface area contributed by atoms with E-state index < -0.39 is 11.7 Å². The van der Waals surface area contributed by atoms with Gasteiger partial charge >= 0.3 is 0 Å². The maximum absolute atomic E-state index is 13.6. The van der Waals surface area contributed by atoms with E-state index in [1.54, 1.807) is 17.0 Å². The Bertz CT molecular complexity index is 888. The van der Waals surface area contributed by atoms with Gasteiger partial charge in [-0.15, -0.1) is 0 Å².